The van der Waals surface area contributed by atoms with E-state index < -0.39 is 5.60 Å². The minimum Gasteiger partial charge on any atom is -0.444 e. The van der Waals surface area contributed by atoms with Crippen LogP contribution in [-0.4, -0.2) is 59.2 Å². The molecule has 0 aromatic heterocycles. The molecule has 0 saturated carbocycles. The number of carbonyl (C=O) groups is 1. The molecule has 1 amide bonds. The van der Waals surface area contributed by atoms with Crippen molar-refractivity contribution < 1.29 is 9.53 Å². The Hall–Kier alpha value is -1.04. The number of carbonyl (C=O) groups excluding carboxylic acids is 1. The van der Waals surface area contributed by atoms with Crippen molar-refractivity contribution in [2.45, 2.75) is 33.3 Å². The van der Waals surface area contributed by atoms with Gasteiger partial charge < -0.3 is 14.5 Å². The minimum absolute atomic E-state index is 0.233. The largest absolute Gasteiger partial charge is 0.444 e. The van der Waals surface area contributed by atoms with Gasteiger partial charge in [0.15, 0.2) is 0 Å². The number of allylic oxidation sites excluding steroid dienone is 1. The second-order valence-corrected chi connectivity index (χ2v) is 6.21. The first kappa shape index (κ1) is 17.0. The van der Waals surface area contributed by atoms with Crippen molar-refractivity contribution in [3.05, 3.63) is 11.9 Å². The van der Waals surface area contributed by atoms with E-state index in [4.69, 9.17) is 4.74 Å². The third-order valence-electron chi connectivity index (χ3n) is 2.81. The number of hydrogen-bond acceptors (Lipinski definition) is 4. The minimum atomic E-state index is -0.442. The van der Waals surface area contributed by atoms with Crippen LogP contribution in [0.2, 0.25) is 0 Å². The second-order valence-electron chi connectivity index (χ2n) is 5.57. The molecule has 1 heterocycles. The van der Waals surface area contributed by atoms with Crippen molar-refractivity contribution in [2.75, 3.05) is 31.5 Å². The fourth-order valence-corrected chi connectivity index (χ4v) is 2.06. The number of hydrogen-bond donors (Lipinski definition) is 0. The summed E-state index contributed by atoms with van der Waals surface area (Å²) in [6.45, 7) is 10.5. The summed E-state index contributed by atoms with van der Waals surface area (Å²) in [6, 6.07) is 0. The number of ether oxygens (including phenoxy) is 1. The van der Waals surface area contributed by atoms with Crippen LogP contribution < -0.4 is 0 Å². The van der Waals surface area contributed by atoms with Gasteiger partial charge in [0.05, 0.1) is 0 Å². The van der Waals surface area contributed by atoms with E-state index in [0.29, 0.717) is 13.1 Å². The Labute approximate surface area is 129 Å². The molecule has 20 heavy (non-hydrogen) atoms. The zero-order valence-corrected chi connectivity index (χ0v) is 14.3. The first-order chi connectivity index (χ1) is 9.37. The normalized spacial score (nSPS) is 17.8. The Morgan fingerprint density at radius 2 is 1.80 bits per heavy atom. The zero-order chi connectivity index (χ0) is 15.2. The summed E-state index contributed by atoms with van der Waals surface area (Å²) in [6.07, 6.45) is 3.58. The number of rotatable bonds is 3. The molecule has 0 unspecified atom stereocenters. The van der Waals surface area contributed by atoms with E-state index in [-0.39, 0.29) is 6.09 Å². The van der Waals surface area contributed by atoms with Crippen LogP contribution >= 0.6 is 15.9 Å². The van der Waals surface area contributed by atoms with E-state index in [1.165, 1.54) is 0 Å². The van der Waals surface area contributed by atoms with Gasteiger partial charge >= 0.3 is 6.09 Å². The van der Waals surface area contributed by atoms with Gasteiger partial charge in [0.25, 0.3) is 0 Å². The Morgan fingerprint density at radius 1 is 1.25 bits per heavy atom. The van der Waals surface area contributed by atoms with Crippen LogP contribution in [0.5, 0.6) is 0 Å². The Kier molecular flexibility index (Phi) is 6.52. The molecule has 114 valence electrons. The van der Waals surface area contributed by atoms with Crippen molar-refractivity contribution in [1.82, 2.24) is 9.80 Å². The summed E-state index contributed by atoms with van der Waals surface area (Å²) in [7, 11) is 0. The molecule has 0 atom stereocenters. The van der Waals surface area contributed by atoms with Crippen LogP contribution in [0.4, 0.5) is 4.79 Å². The molecule has 0 aromatic carbocycles. The molecule has 1 aliphatic rings. The van der Waals surface area contributed by atoms with Gasteiger partial charge in [0, 0.05) is 37.7 Å². The third-order valence-corrected chi connectivity index (χ3v) is 3.10. The molecular weight excluding hydrogens is 322 g/mol. The summed E-state index contributed by atoms with van der Waals surface area (Å²) in [5.74, 6) is 0.952. The smallest absolute Gasteiger partial charge is 0.410 e. The summed E-state index contributed by atoms with van der Waals surface area (Å²) in [5.41, 5.74) is -0.442. The average molecular weight is 346 g/mol. The lowest BCUT2D eigenvalue weighted by Crippen LogP contribution is -2.49. The summed E-state index contributed by atoms with van der Waals surface area (Å²) >= 11 is 3.32. The van der Waals surface area contributed by atoms with Gasteiger partial charge in [-0.25, -0.2) is 9.79 Å². The van der Waals surface area contributed by atoms with E-state index in [9.17, 15) is 4.79 Å². The number of nitrogens with zero attached hydrogens (tertiary/aromatic N) is 3. The third kappa shape index (κ3) is 5.53. The molecule has 0 spiro atoms. The van der Waals surface area contributed by atoms with Crippen molar-refractivity contribution in [3.8, 4) is 0 Å². The predicted molar refractivity (Wildman–Crippen MR) is 85.4 cm³/mol. The lowest BCUT2D eigenvalue weighted by Gasteiger charge is -2.36. The standard InChI is InChI=1S/C14H24BrN3O2/c1-5-12(16-7-6-15)17-8-10-18(11-9-17)13(19)20-14(2,3)4/h5,7H,6,8-11H2,1-4H3/b12-5+,16-7?. The highest BCUT2D eigenvalue weighted by atomic mass is 79.9. The quantitative estimate of drug-likeness (QED) is 0.583. The average Bonchev–Trinajstić information content (AvgIpc) is 2.38. The zero-order valence-electron chi connectivity index (χ0n) is 12.7. The Balaban J connectivity index is 2.51. The highest BCUT2D eigenvalue weighted by Gasteiger charge is 2.26. The maximum Gasteiger partial charge on any atom is 0.410 e. The monoisotopic (exact) mass is 345 g/mol. The van der Waals surface area contributed by atoms with Crippen LogP contribution in [0.15, 0.2) is 16.9 Å². The molecule has 1 aliphatic heterocycles. The maximum absolute atomic E-state index is 12.0. The van der Waals surface area contributed by atoms with Crippen molar-refractivity contribution >= 4 is 28.2 Å². The molecule has 0 bridgehead atoms. The number of piperazine rings is 1. The second kappa shape index (κ2) is 7.67. The van der Waals surface area contributed by atoms with Gasteiger partial charge in [-0.3, -0.25) is 0 Å². The molecule has 0 aromatic rings. The first-order valence-corrected chi connectivity index (χ1v) is 7.97. The number of halogens is 1. The molecular formula is C14H24BrN3O2. The Bertz CT molecular complexity index is 380. The highest BCUT2D eigenvalue weighted by Crippen LogP contribution is 2.14. The van der Waals surface area contributed by atoms with Gasteiger partial charge in [-0.15, -0.1) is 0 Å². The van der Waals surface area contributed by atoms with Gasteiger partial charge in [-0.05, 0) is 33.8 Å². The van der Waals surface area contributed by atoms with Crippen molar-refractivity contribution in [2.24, 2.45) is 4.99 Å². The van der Waals surface area contributed by atoms with E-state index in [1.54, 1.807) is 4.90 Å². The van der Waals surface area contributed by atoms with E-state index in [1.807, 2.05) is 40.0 Å². The van der Waals surface area contributed by atoms with Crippen molar-refractivity contribution in [1.29, 1.82) is 0 Å². The van der Waals surface area contributed by atoms with Crippen molar-refractivity contribution in [3.63, 3.8) is 0 Å². The van der Waals surface area contributed by atoms with E-state index in [2.05, 4.69) is 25.8 Å². The molecule has 1 fully saturated rings. The Morgan fingerprint density at radius 3 is 2.25 bits per heavy atom. The predicted octanol–water partition coefficient (Wildman–Crippen LogP) is 2.87. The van der Waals surface area contributed by atoms with Gasteiger partial charge in [0.2, 0.25) is 0 Å². The first-order valence-electron chi connectivity index (χ1n) is 6.85. The molecule has 0 aliphatic carbocycles. The van der Waals surface area contributed by atoms with E-state index in [0.717, 1.165) is 24.2 Å². The van der Waals surface area contributed by atoms with Crippen LogP contribution in [0.3, 0.4) is 0 Å². The molecule has 1 rings (SSSR count). The molecule has 5 nitrogen and oxygen atoms in total. The van der Waals surface area contributed by atoms with Crippen LogP contribution in [0, 0.1) is 0 Å². The molecule has 0 radical (unpaired) electrons. The fraction of sp³-hybridized carbons (Fsp3) is 0.714. The molecule has 0 N–H and O–H groups in total. The summed E-state index contributed by atoms with van der Waals surface area (Å²) in [4.78, 5) is 20.3. The summed E-state index contributed by atoms with van der Waals surface area (Å²) in [5, 5.41) is 0.738. The number of alkyl halides is 1. The van der Waals surface area contributed by atoms with Gasteiger partial charge in [0.1, 0.15) is 11.4 Å². The molecule has 1 saturated heterocycles. The van der Waals surface area contributed by atoms with Gasteiger partial charge in [-0.1, -0.05) is 15.9 Å². The summed E-state index contributed by atoms with van der Waals surface area (Å²) < 4.78 is 5.38. The molecule has 6 heteroatoms. The van der Waals surface area contributed by atoms with Crippen LogP contribution in [-0.2, 0) is 4.74 Å². The van der Waals surface area contributed by atoms with E-state index >= 15 is 0 Å². The van der Waals surface area contributed by atoms with Gasteiger partial charge in [-0.2, -0.15) is 0 Å². The number of amides is 1. The number of aliphatic imine (C=N–C) groups is 1. The van der Waals surface area contributed by atoms with Crippen LogP contribution in [0.1, 0.15) is 27.7 Å². The SMILES string of the molecule is C/C=C(\N=CCBr)N1CCN(C(=O)OC(C)(C)C)CC1. The fourth-order valence-electron chi connectivity index (χ4n) is 1.91. The maximum atomic E-state index is 12.0. The topological polar surface area (TPSA) is 45.1 Å². The van der Waals surface area contributed by atoms with Crippen LogP contribution in [0.25, 0.3) is 0 Å². The lowest BCUT2D eigenvalue weighted by atomic mass is 10.2. The lowest BCUT2D eigenvalue weighted by molar-refractivity contribution is 0.0168. The highest BCUT2D eigenvalue weighted by molar-refractivity contribution is 9.09.